The zero-order valence-corrected chi connectivity index (χ0v) is 40.1. The van der Waals surface area contributed by atoms with Crippen molar-refractivity contribution in [1.29, 1.82) is 5.41 Å². The van der Waals surface area contributed by atoms with Gasteiger partial charge in [0.2, 0.25) is 0 Å². The van der Waals surface area contributed by atoms with Gasteiger partial charge in [-0.05, 0) is 160 Å². The topological polar surface area (TPSA) is 27.1 Å². The van der Waals surface area contributed by atoms with E-state index < -0.39 is 0 Å². The van der Waals surface area contributed by atoms with Crippen LogP contribution in [0, 0.1) is 10.8 Å². The third-order valence-electron chi connectivity index (χ3n) is 14.8. The molecule has 2 nitrogen and oxygen atoms in total. The lowest BCUT2D eigenvalue weighted by atomic mass is 9.61. The zero-order valence-electron chi connectivity index (χ0n) is 40.1. The van der Waals surface area contributed by atoms with Gasteiger partial charge >= 0.3 is 0 Å². The summed E-state index contributed by atoms with van der Waals surface area (Å²) in [5.41, 5.74) is 19.4. The van der Waals surface area contributed by atoms with Crippen molar-refractivity contribution in [3.8, 4) is 11.1 Å². The molecule has 1 unspecified atom stereocenters. The lowest BCUT2D eigenvalue weighted by molar-refractivity contribution is 0.548. The summed E-state index contributed by atoms with van der Waals surface area (Å²) in [5, 5.41) is 11.8. The van der Waals surface area contributed by atoms with E-state index in [2.05, 4.69) is 187 Å². The van der Waals surface area contributed by atoms with Crippen molar-refractivity contribution in [2.24, 2.45) is 5.41 Å². The van der Waals surface area contributed by atoms with E-state index in [4.69, 9.17) is 0 Å². The Bertz CT molecular complexity index is 3130. The fraction of sp³-hybridized carbons (Fsp3) is 0.215. The molecule has 0 aliphatic heterocycles. The molecule has 334 valence electrons. The number of unbranched alkanes of at least 4 members (excludes halogenated alkanes) is 1. The highest BCUT2D eigenvalue weighted by molar-refractivity contribution is 5.99. The van der Waals surface area contributed by atoms with Crippen LogP contribution in [0.25, 0.3) is 33.4 Å². The van der Waals surface area contributed by atoms with Crippen molar-refractivity contribution in [1.82, 2.24) is 4.90 Å². The number of rotatable bonds is 13. The summed E-state index contributed by atoms with van der Waals surface area (Å²) in [4.78, 5) is 1.95. The minimum Gasteiger partial charge on any atom is -0.300 e. The molecule has 0 bridgehead atoms. The van der Waals surface area contributed by atoms with Gasteiger partial charge in [-0.15, -0.1) is 0 Å². The van der Waals surface area contributed by atoms with Crippen LogP contribution in [-0.2, 0) is 5.41 Å². The monoisotopic (exact) mass is 873 g/mol. The summed E-state index contributed by atoms with van der Waals surface area (Å²) in [6.45, 7) is 19.6. The van der Waals surface area contributed by atoms with E-state index in [0.29, 0.717) is 5.84 Å². The van der Waals surface area contributed by atoms with Gasteiger partial charge in [0, 0.05) is 27.8 Å². The first-order valence-corrected chi connectivity index (χ1v) is 24.4. The lowest BCUT2D eigenvalue weighted by Gasteiger charge is -2.42. The second-order valence-corrected chi connectivity index (χ2v) is 19.0. The number of hydrogen-bond acceptors (Lipinski definition) is 1. The Balaban J connectivity index is 1.20. The van der Waals surface area contributed by atoms with Crippen LogP contribution in [0.3, 0.4) is 0 Å². The molecule has 4 aliphatic rings. The van der Waals surface area contributed by atoms with Crippen LogP contribution in [0.4, 0.5) is 0 Å². The molecule has 0 saturated heterocycles. The minimum absolute atomic E-state index is 0.115. The Morgan fingerprint density at radius 3 is 2.19 bits per heavy atom. The first kappa shape index (κ1) is 45.1. The first-order valence-electron chi connectivity index (χ1n) is 24.4. The van der Waals surface area contributed by atoms with E-state index in [-0.39, 0.29) is 10.8 Å². The smallest absolute Gasteiger partial charge is 0.136 e. The number of allylic oxidation sites excluding steroid dienone is 15. The van der Waals surface area contributed by atoms with Crippen molar-refractivity contribution in [2.45, 2.75) is 85.0 Å². The highest BCUT2D eigenvalue weighted by Gasteiger charge is 2.45. The Morgan fingerprint density at radius 1 is 0.746 bits per heavy atom. The van der Waals surface area contributed by atoms with Crippen LogP contribution in [0.2, 0.25) is 0 Å². The molecule has 2 heteroatoms. The molecule has 1 atom stereocenters. The van der Waals surface area contributed by atoms with Crippen LogP contribution < -0.4 is 10.4 Å². The van der Waals surface area contributed by atoms with Gasteiger partial charge in [-0.1, -0.05) is 198 Å². The molecule has 5 aromatic rings. The van der Waals surface area contributed by atoms with Crippen molar-refractivity contribution < 1.29 is 0 Å². The molecule has 1 fully saturated rings. The molecular formula is C65H64N2. The number of hydrogen-bond donors (Lipinski definition) is 1. The third kappa shape index (κ3) is 8.18. The predicted octanol–water partition coefficient (Wildman–Crippen LogP) is 15.5. The van der Waals surface area contributed by atoms with Crippen LogP contribution in [0.1, 0.15) is 113 Å². The molecule has 1 spiro atoms. The molecule has 67 heavy (non-hydrogen) atoms. The van der Waals surface area contributed by atoms with Crippen molar-refractivity contribution in [3.05, 3.63) is 262 Å². The summed E-state index contributed by atoms with van der Waals surface area (Å²) in [6.07, 6.45) is 29.9. The molecule has 5 aromatic carbocycles. The molecule has 1 N–H and O–H groups in total. The van der Waals surface area contributed by atoms with E-state index in [1.54, 1.807) is 0 Å². The van der Waals surface area contributed by atoms with Gasteiger partial charge in [-0.2, -0.15) is 0 Å². The molecule has 0 aromatic heterocycles. The third-order valence-corrected chi connectivity index (χ3v) is 14.8. The standard InChI is InChI=1S/C65H64N2/c1-8-11-14-25-46(5)67(63(66)50-28-17-13-18-29-50)47(6)33-32-45(4)51-34-37-56-57(42-51)62(49-26-15-12-16-27-49)64(7)41-38-53(44-60(64)61(56)48(23-9-2)24-10-3)52-35-36-55-54-30-19-20-31-58(54)65(59(55)43-52)39-21-22-40-65/h9-10,12-20,23-38,42-44,66H,2,5,8,11,21-22,39-41H2,1,3-4,6-7H3/b24-10-,25-14-,45-32+,47-33+,48-23+,66-63?. The van der Waals surface area contributed by atoms with E-state index in [9.17, 15) is 5.41 Å². The molecule has 0 amide bonds. The summed E-state index contributed by atoms with van der Waals surface area (Å²) >= 11 is 0. The highest BCUT2D eigenvalue weighted by Crippen LogP contribution is 2.58. The zero-order chi connectivity index (χ0) is 46.7. The molecule has 0 radical (unpaired) electrons. The van der Waals surface area contributed by atoms with Crippen LogP contribution >= 0.6 is 0 Å². The van der Waals surface area contributed by atoms with E-state index in [0.717, 1.165) is 52.9 Å². The van der Waals surface area contributed by atoms with Crippen LogP contribution in [-0.4, -0.2) is 10.7 Å². The van der Waals surface area contributed by atoms with Gasteiger partial charge in [0.1, 0.15) is 5.84 Å². The lowest BCUT2D eigenvalue weighted by Crippen LogP contribution is -2.43. The number of benzene rings is 5. The first-order chi connectivity index (χ1) is 32.6. The number of fused-ring (bicyclic) bond motifs is 7. The van der Waals surface area contributed by atoms with Crippen molar-refractivity contribution in [3.63, 3.8) is 0 Å². The highest BCUT2D eigenvalue weighted by atomic mass is 15.2. The Labute approximate surface area is 399 Å². The summed E-state index contributed by atoms with van der Waals surface area (Å²) in [5.74, 6) is 0.399. The number of nitrogens with zero attached hydrogens (tertiary/aromatic N) is 1. The van der Waals surface area contributed by atoms with Gasteiger partial charge in [0.05, 0.1) is 0 Å². The fourth-order valence-corrected chi connectivity index (χ4v) is 11.5. The summed E-state index contributed by atoms with van der Waals surface area (Å²) in [7, 11) is 0. The number of nitrogens with one attached hydrogen (secondary N) is 1. The van der Waals surface area contributed by atoms with E-state index in [1.165, 1.54) is 91.8 Å². The van der Waals surface area contributed by atoms with Gasteiger partial charge in [0.15, 0.2) is 0 Å². The quantitative estimate of drug-likeness (QED) is 0.0712. The second-order valence-electron chi connectivity index (χ2n) is 19.0. The average Bonchev–Trinajstić information content (AvgIpc) is 3.96. The molecule has 0 heterocycles. The normalized spacial score (nSPS) is 18.7. The Kier molecular flexibility index (Phi) is 12.8. The maximum atomic E-state index is 9.28. The van der Waals surface area contributed by atoms with Gasteiger partial charge in [-0.3, -0.25) is 10.3 Å². The van der Waals surface area contributed by atoms with Crippen molar-refractivity contribution in [2.75, 3.05) is 0 Å². The van der Waals surface area contributed by atoms with Gasteiger partial charge in [-0.25, -0.2) is 0 Å². The van der Waals surface area contributed by atoms with Crippen LogP contribution in [0.15, 0.2) is 218 Å². The van der Waals surface area contributed by atoms with Gasteiger partial charge < -0.3 is 0 Å². The summed E-state index contributed by atoms with van der Waals surface area (Å²) < 4.78 is 0. The Morgan fingerprint density at radius 2 is 1.46 bits per heavy atom. The second kappa shape index (κ2) is 19.1. The average molecular weight is 873 g/mol. The molecule has 9 rings (SSSR count). The molecular weight excluding hydrogens is 809 g/mol. The Hall–Kier alpha value is -7.03. The fourth-order valence-electron chi connectivity index (χ4n) is 11.5. The SMILES string of the molecule is C=C/C=C(\C=C/C)C1=c2ccc(/C(C)=C/C=C(\C)N(C(=C)/C=C\CCC)C(=N)c3ccccc3)cc2=C(c2ccccc2)C2(C)CC=C(c3ccc4c(c3)C3(CCCC3)c3ccccc3-4)C=C12. The summed E-state index contributed by atoms with van der Waals surface area (Å²) in [6, 6.07) is 44.5. The van der Waals surface area contributed by atoms with Gasteiger partial charge in [0.25, 0.3) is 0 Å². The number of amidine groups is 1. The molecule has 1 saturated carbocycles. The predicted molar refractivity (Wildman–Crippen MR) is 287 cm³/mol. The largest absolute Gasteiger partial charge is 0.300 e. The van der Waals surface area contributed by atoms with E-state index in [1.807, 2.05) is 47.4 Å². The maximum absolute atomic E-state index is 9.28. The van der Waals surface area contributed by atoms with Crippen molar-refractivity contribution >= 4 is 28.1 Å². The van der Waals surface area contributed by atoms with E-state index >= 15 is 0 Å². The van der Waals surface area contributed by atoms with Crippen LogP contribution in [0.5, 0.6) is 0 Å². The minimum atomic E-state index is -0.328. The maximum Gasteiger partial charge on any atom is 0.136 e. The molecule has 4 aliphatic carbocycles.